The van der Waals surface area contributed by atoms with Crippen molar-refractivity contribution in [1.29, 1.82) is 0 Å². The SMILES string of the molecule is CC(C)COC(=O)CC1C(=O)NCCN1CC(=O)Nc1ccc(OCCc2ccccc2)cc1. The first-order chi connectivity index (χ1) is 16.4. The Balaban J connectivity index is 1.47. The van der Waals surface area contributed by atoms with E-state index in [0.717, 1.165) is 12.2 Å². The van der Waals surface area contributed by atoms with Crippen molar-refractivity contribution in [3.05, 3.63) is 60.2 Å². The van der Waals surface area contributed by atoms with Crippen LogP contribution in [-0.4, -0.2) is 61.6 Å². The zero-order valence-electron chi connectivity index (χ0n) is 19.8. The lowest BCUT2D eigenvalue weighted by Gasteiger charge is -2.33. The fourth-order valence-corrected chi connectivity index (χ4v) is 3.60. The molecule has 0 bridgehead atoms. The van der Waals surface area contributed by atoms with Gasteiger partial charge in [-0.15, -0.1) is 0 Å². The molecule has 1 aliphatic rings. The molecule has 0 spiro atoms. The van der Waals surface area contributed by atoms with E-state index < -0.39 is 12.0 Å². The van der Waals surface area contributed by atoms with Crippen LogP contribution in [0.15, 0.2) is 54.6 Å². The molecule has 1 unspecified atom stereocenters. The molecule has 1 heterocycles. The monoisotopic (exact) mass is 467 g/mol. The van der Waals surface area contributed by atoms with Crippen molar-refractivity contribution in [2.24, 2.45) is 5.92 Å². The number of ether oxygens (including phenoxy) is 2. The fourth-order valence-electron chi connectivity index (χ4n) is 3.60. The van der Waals surface area contributed by atoms with E-state index in [1.807, 2.05) is 44.2 Å². The van der Waals surface area contributed by atoms with E-state index in [1.165, 1.54) is 5.56 Å². The molecular formula is C26H33N3O5. The van der Waals surface area contributed by atoms with Crippen molar-refractivity contribution in [1.82, 2.24) is 10.2 Å². The molecule has 3 rings (SSSR count). The number of nitrogens with zero attached hydrogens (tertiary/aromatic N) is 1. The number of hydrogen-bond donors (Lipinski definition) is 2. The standard InChI is InChI=1S/C26H33N3O5/c1-19(2)18-34-25(31)16-23-26(32)27-13-14-29(23)17-24(30)28-21-8-10-22(11-9-21)33-15-12-20-6-4-3-5-7-20/h3-11,19,23H,12-18H2,1-2H3,(H,27,32)(H,28,30). The number of nitrogens with one attached hydrogen (secondary N) is 2. The van der Waals surface area contributed by atoms with Gasteiger partial charge in [0.1, 0.15) is 11.8 Å². The fraction of sp³-hybridized carbons (Fsp3) is 0.423. The molecule has 2 aromatic carbocycles. The molecule has 2 amide bonds. The van der Waals surface area contributed by atoms with Crippen molar-refractivity contribution in [2.75, 3.05) is 38.2 Å². The number of anilines is 1. The van der Waals surface area contributed by atoms with E-state index >= 15 is 0 Å². The Bertz CT molecular complexity index is 947. The maximum absolute atomic E-state index is 12.6. The van der Waals surface area contributed by atoms with Crippen molar-refractivity contribution in [3.63, 3.8) is 0 Å². The number of amides is 2. The van der Waals surface area contributed by atoms with Gasteiger partial charge >= 0.3 is 5.97 Å². The van der Waals surface area contributed by atoms with E-state index in [-0.39, 0.29) is 30.7 Å². The first kappa shape index (κ1) is 25.2. The Kier molecular flexibility index (Phi) is 9.46. The minimum atomic E-state index is -0.723. The average molecular weight is 468 g/mol. The van der Waals surface area contributed by atoms with Gasteiger partial charge in [-0.05, 0) is 35.7 Å². The third-order valence-corrected chi connectivity index (χ3v) is 5.37. The van der Waals surface area contributed by atoms with Gasteiger partial charge in [0.25, 0.3) is 0 Å². The Morgan fingerprint density at radius 2 is 1.85 bits per heavy atom. The molecule has 2 N–H and O–H groups in total. The van der Waals surface area contributed by atoms with Crippen LogP contribution in [-0.2, 0) is 25.5 Å². The summed E-state index contributed by atoms with van der Waals surface area (Å²) in [5, 5.41) is 5.60. The van der Waals surface area contributed by atoms with Crippen molar-refractivity contribution in [3.8, 4) is 5.75 Å². The highest BCUT2D eigenvalue weighted by molar-refractivity contribution is 5.93. The zero-order chi connectivity index (χ0) is 24.3. The van der Waals surface area contributed by atoms with Crippen LogP contribution in [0.3, 0.4) is 0 Å². The second-order valence-corrected chi connectivity index (χ2v) is 8.71. The number of benzene rings is 2. The van der Waals surface area contributed by atoms with Crippen molar-refractivity contribution in [2.45, 2.75) is 32.7 Å². The number of piperazine rings is 1. The minimum Gasteiger partial charge on any atom is -0.493 e. The Hall–Kier alpha value is -3.39. The molecule has 1 saturated heterocycles. The molecule has 8 heteroatoms. The summed E-state index contributed by atoms with van der Waals surface area (Å²) >= 11 is 0. The largest absolute Gasteiger partial charge is 0.493 e. The van der Waals surface area contributed by atoms with E-state index in [1.54, 1.807) is 17.0 Å². The highest BCUT2D eigenvalue weighted by Crippen LogP contribution is 2.17. The molecule has 0 aliphatic carbocycles. The zero-order valence-corrected chi connectivity index (χ0v) is 19.8. The summed E-state index contributed by atoms with van der Waals surface area (Å²) in [5.74, 6) is -0.0252. The van der Waals surface area contributed by atoms with Gasteiger partial charge in [0, 0.05) is 25.2 Å². The molecule has 2 aromatic rings. The predicted octanol–water partition coefficient (Wildman–Crippen LogP) is 2.64. The summed E-state index contributed by atoms with van der Waals surface area (Å²) in [6.45, 7) is 5.67. The third kappa shape index (κ3) is 8.19. The van der Waals surface area contributed by atoms with Crippen LogP contribution in [0.25, 0.3) is 0 Å². The molecule has 1 fully saturated rings. The third-order valence-electron chi connectivity index (χ3n) is 5.37. The van der Waals surface area contributed by atoms with Crippen LogP contribution < -0.4 is 15.4 Å². The van der Waals surface area contributed by atoms with Crippen LogP contribution in [0.1, 0.15) is 25.8 Å². The van der Waals surface area contributed by atoms with Gasteiger partial charge in [-0.3, -0.25) is 19.3 Å². The molecule has 1 aliphatic heterocycles. The molecule has 1 atom stereocenters. The average Bonchev–Trinajstić information content (AvgIpc) is 2.82. The smallest absolute Gasteiger partial charge is 0.307 e. The number of rotatable bonds is 11. The second kappa shape index (κ2) is 12.7. The summed E-state index contributed by atoms with van der Waals surface area (Å²) in [6, 6.07) is 16.6. The Morgan fingerprint density at radius 1 is 1.12 bits per heavy atom. The van der Waals surface area contributed by atoms with Crippen LogP contribution in [0.2, 0.25) is 0 Å². The molecule has 0 saturated carbocycles. The number of esters is 1. The molecular weight excluding hydrogens is 434 g/mol. The summed E-state index contributed by atoms with van der Waals surface area (Å²) < 4.78 is 11.0. The molecule has 8 nitrogen and oxygen atoms in total. The number of hydrogen-bond acceptors (Lipinski definition) is 6. The first-order valence-electron chi connectivity index (χ1n) is 11.6. The summed E-state index contributed by atoms with van der Waals surface area (Å²) in [4.78, 5) is 38.8. The lowest BCUT2D eigenvalue weighted by atomic mass is 10.1. The van der Waals surface area contributed by atoms with Gasteiger partial charge in [-0.2, -0.15) is 0 Å². The lowest BCUT2D eigenvalue weighted by Crippen LogP contribution is -2.57. The van der Waals surface area contributed by atoms with Crippen LogP contribution in [0.5, 0.6) is 5.75 Å². The van der Waals surface area contributed by atoms with Crippen LogP contribution in [0, 0.1) is 5.92 Å². The van der Waals surface area contributed by atoms with Crippen molar-refractivity contribution >= 4 is 23.5 Å². The van der Waals surface area contributed by atoms with E-state index in [2.05, 4.69) is 22.8 Å². The van der Waals surface area contributed by atoms with E-state index in [9.17, 15) is 14.4 Å². The lowest BCUT2D eigenvalue weighted by molar-refractivity contribution is -0.149. The van der Waals surface area contributed by atoms with Gasteiger partial charge in [0.15, 0.2) is 0 Å². The molecule has 34 heavy (non-hydrogen) atoms. The molecule has 182 valence electrons. The predicted molar refractivity (Wildman–Crippen MR) is 129 cm³/mol. The first-order valence-corrected chi connectivity index (χ1v) is 11.6. The normalized spacial score (nSPS) is 16.1. The highest BCUT2D eigenvalue weighted by Gasteiger charge is 2.33. The Labute approximate surface area is 200 Å². The highest BCUT2D eigenvalue weighted by atomic mass is 16.5. The number of carbonyl (C=O) groups excluding carboxylic acids is 3. The number of carbonyl (C=O) groups is 3. The summed E-state index contributed by atoms with van der Waals surface area (Å²) in [7, 11) is 0. The summed E-state index contributed by atoms with van der Waals surface area (Å²) in [6.07, 6.45) is 0.732. The minimum absolute atomic E-state index is 0.00484. The second-order valence-electron chi connectivity index (χ2n) is 8.71. The molecule has 0 aromatic heterocycles. The Morgan fingerprint density at radius 3 is 2.56 bits per heavy atom. The van der Waals surface area contributed by atoms with Gasteiger partial charge in [0.05, 0.1) is 26.2 Å². The van der Waals surface area contributed by atoms with Gasteiger partial charge < -0.3 is 20.1 Å². The quantitative estimate of drug-likeness (QED) is 0.493. The summed E-state index contributed by atoms with van der Waals surface area (Å²) in [5.41, 5.74) is 1.85. The van der Waals surface area contributed by atoms with Gasteiger partial charge in [-0.25, -0.2) is 0 Å². The van der Waals surface area contributed by atoms with Crippen LogP contribution >= 0.6 is 0 Å². The molecule has 0 radical (unpaired) electrons. The van der Waals surface area contributed by atoms with E-state index in [0.29, 0.717) is 32.0 Å². The van der Waals surface area contributed by atoms with Gasteiger partial charge in [0.2, 0.25) is 11.8 Å². The van der Waals surface area contributed by atoms with Gasteiger partial charge in [-0.1, -0.05) is 44.2 Å². The topological polar surface area (TPSA) is 97.0 Å². The van der Waals surface area contributed by atoms with Crippen molar-refractivity contribution < 1.29 is 23.9 Å². The maximum Gasteiger partial charge on any atom is 0.307 e. The maximum atomic E-state index is 12.6. The van der Waals surface area contributed by atoms with Crippen LogP contribution in [0.4, 0.5) is 5.69 Å². The van der Waals surface area contributed by atoms with E-state index in [4.69, 9.17) is 9.47 Å².